The molecule has 8 heteroatoms. The van der Waals surface area contributed by atoms with Crippen LogP contribution in [0.5, 0.6) is 0 Å². The molecule has 2 rings (SSSR count). The molecular weight excluding hydrogens is 297 g/mol. The summed E-state index contributed by atoms with van der Waals surface area (Å²) in [5.74, 6) is 0.0400. The van der Waals surface area contributed by atoms with Gasteiger partial charge in [-0.3, -0.25) is 5.41 Å². The Bertz CT molecular complexity index is 626. The van der Waals surface area contributed by atoms with Gasteiger partial charge in [0, 0.05) is 25.4 Å². The Labute approximate surface area is 124 Å². The average molecular weight is 311 g/mol. The molecule has 0 saturated heterocycles. The molecule has 3 N–H and O–H groups in total. The van der Waals surface area contributed by atoms with Gasteiger partial charge in [0.05, 0.1) is 0 Å². The zero-order valence-corrected chi connectivity index (χ0v) is 12.7. The van der Waals surface area contributed by atoms with Gasteiger partial charge in [-0.15, -0.1) is 10.2 Å². The highest BCUT2D eigenvalue weighted by atomic mass is 32.2. The third kappa shape index (κ3) is 3.45. The number of rotatable bonds is 5. The second-order valence-electron chi connectivity index (χ2n) is 4.25. The summed E-state index contributed by atoms with van der Waals surface area (Å²) in [5.41, 5.74) is 6.71. The maximum Gasteiger partial charge on any atom is 0.208 e. The van der Waals surface area contributed by atoms with E-state index in [1.54, 1.807) is 6.07 Å². The Morgan fingerprint density at radius 3 is 2.80 bits per heavy atom. The molecular formula is C12H14FN5S2. The molecule has 1 heterocycles. The van der Waals surface area contributed by atoms with E-state index < -0.39 is 5.82 Å². The smallest absolute Gasteiger partial charge is 0.208 e. The summed E-state index contributed by atoms with van der Waals surface area (Å²) in [5, 5.41) is 16.4. The van der Waals surface area contributed by atoms with E-state index in [1.807, 2.05) is 19.0 Å². The van der Waals surface area contributed by atoms with Gasteiger partial charge in [-0.05, 0) is 17.7 Å². The van der Waals surface area contributed by atoms with E-state index in [9.17, 15) is 4.39 Å². The highest BCUT2D eigenvalue weighted by molar-refractivity contribution is 8.00. The lowest BCUT2D eigenvalue weighted by molar-refractivity contribution is 0.627. The summed E-state index contributed by atoms with van der Waals surface area (Å²) in [6, 6.07) is 4.30. The van der Waals surface area contributed by atoms with Gasteiger partial charge < -0.3 is 10.6 Å². The second-order valence-corrected chi connectivity index (χ2v) is 6.43. The molecule has 0 atom stereocenters. The summed E-state index contributed by atoms with van der Waals surface area (Å²) in [6.07, 6.45) is 0. The molecule has 5 nitrogen and oxygen atoms in total. The van der Waals surface area contributed by atoms with Gasteiger partial charge in [0.1, 0.15) is 11.7 Å². The third-order valence-corrected chi connectivity index (χ3v) is 4.76. The molecule has 106 valence electrons. The van der Waals surface area contributed by atoms with Crippen molar-refractivity contribution in [3.8, 4) is 0 Å². The van der Waals surface area contributed by atoms with Gasteiger partial charge in [-0.1, -0.05) is 29.2 Å². The van der Waals surface area contributed by atoms with Gasteiger partial charge in [-0.2, -0.15) is 0 Å². The van der Waals surface area contributed by atoms with Crippen molar-refractivity contribution in [3.63, 3.8) is 0 Å². The van der Waals surface area contributed by atoms with Crippen LogP contribution in [0.15, 0.2) is 22.5 Å². The normalized spacial score (nSPS) is 10.6. The van der Waals surface area contributed by atoms with Crippen molar-refractivity contribution < 1.29 is 4.39 Å². The van der Waals surface area contributed by atoms with E-state index in [0.717, 1.165) is 15.0 Å². The number of halogens is 1. The molecule has 0 spiro atoms. The van der Waals surface area contributed by atoms with E-state index >= 15 is 0 Å². The highest BCUT2D eigenvalue weighted by Gasteiger charge is 2.10. The van der Waals surface area contributed by atoms with E-state index in [2.05, 4.69) is 10.2 Å². The number of thioether (sulfide) groups is 1. The number of amidine groups is 1. The molecule has 0 bridgehead atoms. The number of nitrogen functional groups attached to an aromatic ring is 1. The minimum Gasteiger partial charge on any atom is -0.384 e. The number of nitrogens with one attached hydrogen (secondary N) is 1. The van der Waals surface area contributed by atoms with Crippen molar-refractivity contribution in [1.29, 1.82) is 5.41 Å². The van der Waals surface area contributed by atoms with E-state index in [0.29, 0.717) is 11.3 Å². The first-order chi connectivity index (χ1) is 9.47. The Hall–Kier alpha value is -1.67. The molecule has 0 unspecified atom stereocenters. The molecule has 1 aromatic heterocycles. The number of aromatic nitrogens is 2. The molecule has 0 aliphatic carbocycles. The summed E-state index contributed by atoms with van der Waals surface area (Å²) in [4.78, 5) is 1.89. The fraction of sp³-hybridized carbons (Fsp3) is 0.250. The molecule has 1 aromatic carbocycles. The summed E-state index contributed by atoms with van der Waals surface area (Å²) >= 11 is 2.98. The monoisotopic (exact) mass is 311 g/mol. The van der Waals surface area contributed by atoms with Crippen LogP contribution < -0.4 is 10.6 Å². The Balaban J connectivity index is 2.12. The lowest BCUT2D eigenvalue weighted by atomic mass is 10.1. The van der Waals surface area contributed by atoms with E-state index in [1.165, 1.54) is 35.2 Å². The van der Waals surface area contributed by atoms with Crippen molar-refractivity contribution in [2.24, 2.45) is 5.73 Å². The molecule has 0 radical (unpaired) electrons. The van der Waals surface area contributed by atoms with Crippen molar-refractivity contribution in [2.45, 2.75) is 10.1 Å². The number of hydrogen-bond donors (Lipinski definition) is 2. The first-order valence-electron chi connectivity index (χ1n) is 5.74. The summed E-state index contributed by atoms with van der Waals surface area (Å²) in [7, 11) is 3.81. The maximum absolute atomic E-state index is 13.2. The summed E-state index contributed by atoms with van der Waals surface area (Å²) < 4.78 is 14.0. The maximum atomic E-state index is 13.2. The quantitative estimate of drug-likeness (QED) is 0.503. The van der Waals surface area contributed by atoms with Gasteiger partial charge in [-0.25, -0.2) is 4.39 Å². The average Bonchev–Trinajstić information content (AvgIpc) is 2.86. The Morgan fingerprint density at radius 1 is 1.45 bits per heavy atom. The summed E-state index contributed by atoms with van der Waals surface area (Å²) in [6.45, 7) is 0. The van der Waals surface area contributed by atoms with E-state index in [-0.39, 0.29) is 5.84 Å². The van der Waals surface area contributed by atoms with Crippen molar-refractivity contribution in [2.75, 3.05) is 19.0 Å². The van der Waals surface area contributed by atoms with Gasteiger partial charge >= 0.3 is 0 Å². The largest absolute Gasteiger partial charge is 0.384 e. The molecule has 0 fully saturated rings. The Morgan fingerprint density at radius 2 is 2.20 bits per heavy atom. The van der Waals surface area contributed by atoms with Crippen LogP contribution in [-0.4, -0.2) is 30.1 Å². The number of nitrogens with two attached hydrogens (primary N) is 1. The zero-order valence-electron chi connectivity index (χ0n) is 11.1. The van der Waals surface area contributed by atoms with Gasteiger partial charge in [0.2, 0.25) is 5.13 Å². The molecule has 0 aliphatic rings. The molecule has 0 amide bonds. The lowest BCUT2D eigenvalue weighted by Crippen LogP contribution is -2.13. The van der Waals surface area contributed by atoms with Crippen LogP contribution >= 0.6 is 23.1 Å². The fourth-order valence-electron chi connectivity index (χ4n) is 1.51. The SMILES string of the molecule is CN(C)c1nnc(SCc2ccc(F)cc2C(=N)N)s1. The number of hydrogen-bond acceptors (Lipinski definition) is 6. The van der Waals surface area contributed by atoms with Crippen LogP contribution in [0.3, 0.4) is 0 Å². The highest BCUT2D eigenvalue weighted by Crippen LogP contribution is 2.30. The van der Waals surface area contributed by atoms with Crippen LogP contribution in [0.1, 0.15) is 11.1 Å². The number of nitrogens with zero attached hydrogens (tertiary/aromatic N) is 3. The molecule has 0 aliphatic heterocycles. The van der Waals surface area contributed by atoms with Crippen LogP contribution in [0, 0.1) is 11.2 Å². The Kier molecular flexibility index (Phi) is 4.56. The lowest BCUT2D eigenvalue weighted by Gasteiger charge is -2.07. The minimum absolute atomic E-state index is 0.133. The second kappa shape index (κ2) is 6.19. The molecule has 0 saturated carbocycles. The predicted octanol–water partition coefficient (Wildman–Crippen LogP) is 2.32. The first-order valence-corrected chi connectivity index (χ1v) is 7.54. The molecule has 2 aromatic rings. The van der Waals surface area contributed by atoms with E-state index in [4.69, 9.17) is 11.1 Å². The predicted molar refractivity (Wildman–Crippen MR) is 81.2 cm³/mol. The van der Waals surface area contributed by atoms with Crippen LogP contribution in [0.25, 0.3) is 0 Å². The van der Waals surface area contributed by atoms with Gasteiger partial charge in [0.15, 0.2) is 4.34 Å². The minimum atomic E-state index is -0.394. The van der Waals surface area contributed by atoms with Crippen LogP contribution in [0.2, 0.25) is 0 Å². The first kappa shape index (κ1) is 14.7. The van der Waals surface area contributed by atoms with Crippen molar-refractivity contribution in [3.05, 3.63) is 35.1 Å². The fourth-order valence-corrected chi connectivity index (χ4v) is 3.27. The van der Waals surface area contributed by atoms with Crippen molar-refractivity contribution in [1.82, 2.24) is 10.2 Å². The van der Waals surface area contributed by atoms with Crippen LogP contribution in [-0.2, 0) is 5.75 Å². The third-order valence-electron chi connectivity index (χ3n) is 2.49. The molecule has 20 heavy (non-hydrogen) atoms. The van der Waals surface area contributed by atoms with Gasteiger partial charge in [0.25, 0.3) is 0 Å². The topological polar surface area (TPSA) is 78.9 Å². The zero-order chi connectivity index (χ0) is 14.7. The number of anilines is 1. The van der Waals surface area contributed by atoms with Crippen molar-refractivity contribution >= 4 is 34.1 Å². The van der Waals surface area contributed by atoms with Crippen LogP contribution in [0.4, 0.5) is 9.52 Å². The standard InChI is InChI=1S/C12H14FN5S2/c1-18(2)11-16-17-12(20-11)19-6-7-3-4-8(13)5-9(7)10(14)15/h3-5H,6H2,1-2H3,(H3,14,15). The number of benzene rings is 1.